The van der Waals surface area contributed by atoms with Crippen molar-refractivity contribution in [2.75, 3.05) is 6.61 Å². The summed E-state index contributed by atoms with van der Waals surface area (Å²) in [6.45, 7) is 2.79. The topological polar surface area (TPSA) is 104 Å². The summed E-state index contributed by atoms with van der Waals surface area (Å²) in [5, 5.41) is 8.26. The van der Waals surface area contributed by atoms with Crippen LogP contribution >= 0.6 is 7.82 Å². The van der Waals surface area contributed by atoms with Crippen molar-refractivity contribution in [1.29, 1.82) is 0 Å². The highest BCUT2D eigenvalue weighted by molar-refractivity contribution is 7.46. The molecule has 0 aliphatic rings. The molecule has 7 heteroatoms. The average molecular weight is 196 g/mol. The van der Waals surface area contributed by atoms with Gasteiger partial charge in [0.2, 0.25) is 0 Å². The van der Waals surface area contributed by atoms with E-state index in [1.807, 2.05) is 0 Å². The third-order valence-corrected chi connectivity index (χ3v) is 1.48. The number of aliphatic carboxylic acids is 1. The van der Waals surface area contributed by atoms with E-state index in [9.17, 15) is 9.36 Å². The van der Waals surface area contributed by atoms with E-state index in [1.54, 1.807) is 0 Å². The third-order valence-electron chi connectivity index (χ3n) is 0.966. The molecule has 0 amide bonds. The molecule has 3 N–H and O–H groups in total. The van der Waals surface area contributed by atoms with Crippen molar-refractivity contribution in [2.24, 2.45) is 0 Å². The van der Waals surface area contributed by atoms with Gasteiger partial charge in [0, 0.05) is 12.0 Å². The first kappa shape index (κ1) is 11.3. The molecule has 0 heterocycles. The summed E-state index contributed by atoms with van der Waals surface area (Å²) < 4.78 is 14.1. The van der Waals surface area contributed by atoms with Gasteiger partial charge in [-0.05, 0) is 0 Å². The highest BCUT2D eigenvalue weighted by atomic mass is 31.2. The largest absolute Gasteiger partial charge is 0.478 e. The lowest BCUT2D eigenvalue weighted by Gasteiger charge is -2.03. The van der Waals surface area contributed by atoms with E-state index in [0.29, 0.717) is 0 Å². The molecule has 0 bridgehead atoms. The van der Waals surface area contributed by atoms with E-state index in [-0.39, 0.29) is 18.6 Å². The Bertz CT molecular complexity index is 228. The molecule has 0 unspecified atom stereocenters. The first-order valence-electron chi connectivity index (χ1n) is 2.94. The summed E-state index contributed by atoms with van der Waals surface area (Å²) in [6, 6.07) is 0. The Morgan fingerprint density at radius 3 is 2.33 bits per heavy atom. The lowest BCUT2D eigenvalue weighted by molar-refractivity contribution is -0.132. The fraction of sp³-hybridized carbons (Fsp3) is 0.400. The maximum Gasteiger partial charge on any atom is 0.469 e. The second kappa shape index (κ2) is 4.37. The molecule has 70 valence electrons. The number of phosphoric acid groups is 1. The minimum Gasteiger partial charge on any atom is -0.478 e. The lowest BCUT2D eigenvalue weighted by Crippen LogP contribution is -2.02. The van der Waals surface area contributed by atoms with Crippen LogP contribution in [0, 0.1) is 0 Å². The van der Waals surface area contributed by atoms with Crippen LogP contribution in [0.15, 0.2) is 12.2 Å². The number of phosphoric ester groups is 1. The Balaban J connectivity index is 3.65. The molecule has 0 spiro atoms. The summed E-state index contributed by atoms with van der Waals surface area (Å²) in [5.41, 5.74) is -0.150. The van der Waals surface area contributed by atoms with E-state index in [2.05, 4.69) is 11.1 Å². The number of carboxylic acid groups (broad SMARTS) is 1. The predicted molar refractivity (Wildman–Crippen MR) is 39.4 cm³/mol. The molecular weight excluding hydrogens is 187 g/mol. The van der Waals surface area contributed by atoms with Gasteiger partial charge in [-0.2, -0.15) is 0 Å². The summed E-state index contributed by atoms with van der Waals surface area (Å²) in [7, 11) is -4.49. The van der Waals surface area contributed by atoms with E-state index in [4.69, 9.17) is 14.9 Å². The number of rotatable bonds is 5. The standard InChI is InChI=1S/C5H9O6P/c1-4(5(6)7)2-3-11-12(8,9)10/h1-3H2,(H,6,7)(H2,8,9,10). The zero-order valence-electron chi connectivity index (χ0n) is 6.13. The van der Waals surface area contributed by atoms with Crippen molar-refractivity contribution in [3.8, 4) is 0 Å². The van der Waals surface area contributed by atoms with E-state index in [1.165, 1.54) is 0 Å². The van der Waals surface area contributed by atoms with Crippen molar-refractivity contribution in [1.82, 2.24) is 0 Å². The van der Waals surface area contributed by atoms with Gasteiger partial charge in [-0.3, -0.25) is 4.52 Å². The smallest absolute Gasteiger partial charge is 0.469 e. The minimum absolute atomic E-state index is 0.111. The molecule has 0 rings (SSSR count). The third kappa shape index (κ3) is 6.06. The molecule has 0 saturated carbocycles. The molecule has 0 radical (unpaired) electrons. The molecule has 0 aromatic carbocycles. The van der Waals surface area contributed by atoms with Crippen LogP contribution in [0.25, 0.3) is 0 Å². The van der Waals surface area contributed by atoms with Crippen LogP contribution in [-0.2, 0) is 13.9 Å². The van der Waals surface area contributed by atoms with Gasteiger partial charge in [0.15, 0.2) is 0 Å². The molecule has 0 saturated heterocycles. The normalized spacial score (nSPS) is 11.2. The molecular formula is C5H9O6P. The number of carbonyl (C=O) groups is 1. The van der Waals surface area contributed by atoms with E-state index >= 15 is 0 Å². The van der Waals surface area contributed by atoms with E-state index < -0.39 is 13.8 Å². The highest BCUT2D eigenvalue weighted by Gasteiger charge is 2.14. The average Bonchev–Trinajstić information content (AvgIpc) is 1.84. The second-order valence-electron chi connectivity index (χ2n) is 1.98. The van der Waals surface area contributed by atoms with Crippen molar-refractivity contribution >= 4 is 13.8 Å². The van der Waals surface area contributed by atoms with Gasteiger partial charge in [0.1, 0.15) is 0 Å². The monoisotopic (exact) mass is 196 g/mol. The molecule has 6 nitrogen and oxygen atoms in total. The molecule has 12 heavy (non-hydrogen) atoms. The molecule has 0 aromatic rings. The summed E-state index contributed by atoms with van der Waals surface area (Å²) in [4.78, 5) is 26.5. The fourth-order valence-corrected chi connectivity index (χ4v) is 0.724. The number of hydrogen-bond donors (Lipinski definition) is 3. The maximum absolute atomic E-state index is 10.1. The van der Waals surface area contributed by atoms with Gasteiger partial charge in [-0.15, -0.1) is 0 Å². The Morgan fingerprint density at radius 1 is 1.50 bits per heavy atom. The fourth-order valence-electron chi connectivity index (χ4n) is 0.395. The predicted octanol–water partition coefficient (Wildman–Crippen LogP) is 0.127. The van der Waals surface area contributed by atoms with Gasteiger partial charge in [0.05, 0.1) is 6.61 Å². The number of carboxylic acids is 1. The van der Waals surface area contributed by atoms with Gasteiger partial charge in [0.25, 0.3) is 0 Å². The zero-order chi connectivity index (χ0) is 9.78. The number of hydrogen-bond acceptors (Lipinski definition) is 3. The van der Waals surface area contributed by atoms with Gasteiger partial charge in [-0.1, -0.05) is 6.58 Å². The highest BCUT2D eigenvalue weighted by Crippen LogP contribution is 2.35. The van der Waals surface area contributed by atoms with Crippen molar-refractivity contribution < 1.29 is 28.8 Å². The Labute approximate surface area is 68.7 Å². The SMILES string of the molecule is C=C(CCOP(=O)(O)O)C(=O)O. The van der Waals surface area contributed by atoms with Crippen LogP contribution in [-0.4, -0.2) is 27.5 Å². The van der Waals surface area contributed by atoms with Crippen LogP contribution in [0.4, 0.5) is 0 Å². The zero-order valence-corrected chi connectivity index (χ0v) is 7.03. The summed E-state index contributed by atoms with van der Waals surface area (Å²) >= 11 is 0. The molecule has 0 atom stereocenters. The first-order chi connectivity index (χ1) is 5.33. The Hall–Kier alpha value is -0.680. The quantitative estimate of drug-likeness (QED) is 0.426. The van der Waals surface area contributed by atoms with E-state index in [0.717, 1.165) is 0 Å². The van der Waals surface area contributed by atoms with Gasteiger partial charge >= 0.3 is 13.8 Å². The van der Waals surface area contributed by atoms with Gasteiger partial charge in [-0.25, -0.2) is 9.36 Å². The van der Waals surface area contributed by atoms with Gasteiger partial charge < -0.3 is 14.9 Å². The molecule has 0 fully saturated rings. The summed E-state index contributed by atoms with van der Waals surface area (Å²) in [5.74, 6) is -1.20. The Morgan fingerprint density at radius 2 is 2.00 bits per heavy atom. The Kier molecular flexibility index (Phi) is 4.12. The molecule has 0 aliphatic carbocycles. The second-order valence-corrected chi connectivity index (χ2v) is 3.22. The minimum atomic E-state index is -4.49. The lowest BCUT2D eigenvalue weighted by atomic mass is 10.2. The van der Waals surface area contributed by atoms with Crippen molar-refractivity contribution in [3.05, 3.63) is 12.2 Å². The molecule has 0 aliphatic heterocycles. The maximum atomic E-state index is 10.1. The summed E-state index contributed by atoms with van der Waals surface area (Å²) in [6.07, 6.45) is -0.111. The van der Waals surface area contributed by atoms with Crippen LogP contribution in [0.3, 0.4) is 0 Å². The van der Waals surface area contributed by atoms with Crippen LogP contribution < -0.4 is 0 Å². The first-order valence-corrected chi connectivity index (χ1v) is 4.47. The van der Waals surface area contributed by atoms with Crippen molar-refractivity contribution in [2.45, 2.75) is 6.42 Å². The van der Waals surface area contributed by atoms with Crippen molar-refractivity contribution in [3.63, 3.8) is 0 Å². The molecule has 0 aromatic heterocycles. The van der Waals surface area contributed by atoms with Crippen LogP contribution in [0.2, 0.25) is 0 Å². The van der Waals surface area contributed by atoms with Crippen LogP contribution in [0.5, 0.6) is 0 Å². The van der Waals surface area contributed by atoms with Crippen LogP contribution in [0.1, 0.15) is 6.42 Å².